The minimum atomic E-state index is -0.496. The highest BCUT2D eigenvalue weighted by atomic mass is 16.5. The Balaban J connectivity index is 1.68. The number of hydrogen-bond acceptors (Lipinski definition) is 5. The second kappa shape index (κ2) is 9.94. The van der Waals surface area contributed by atoms with E-state index >= 15 is 0 Å². The number of hydrogen-bond donors (Lipinski definition) is 1. The maximum atomic E-state index is 12.3. The minimum absolute atomic E-state index is 0.0890. The predicted octanol–water partition coefficient (Wildman–Crippen LogP) is 5.79. The highest BCUT2D eigenvalue weighted by molar-refractivity contribution is 5.91. The van der Waals surface area contributed by atoms with Crippen LogP contribution in [0.5, 0.6) is 11.5 Å². The van der Waals surface area contributed by atoms with Crippen LogP contribution >= 0.6 is 0 Å². The van der Waals surface area contributed by atoms with E-state index < -0.39 is 5.97 Å². The highest BCUT2D eigenvalue weighted by Gasteiger charge is 2.13. The minimum Gasteiger partial charge on any atom is -0.508 e. The molecule has 0 saturated carbocycles. The van der Waals surface area contributed by atoms with Crippen LogP contribution in [0, 0.1) is 12.8 Å². The molecule has 0 saturated heterocycles. The van der Waals surface area contributed by atoms with Crippen molar-refractivity contribution in [2.45, 2.75) is 27.2 Å². The van der Waals surface area contributed by atoms with Gasteiger partial charge in [0.25, 0.3) is 0 Å². The van der Waals surface area contributed by atoms with Crippen molar-refractivity contribution in [2.24, 2.45) is 5.92 Å². The smallest absolute Gasteiger partial charge is 0.343 e. The summed E-state index contributed by atoms with van der Waals surface area (Å²) < 4.78 is 10.8. The summed E-state index contributed by atoms with van der Waals surface area (Å²) in [5.41, 5.74) is 3.76. The van der Waals surface area contributed by atoms with Gasteiger partial charge in [-0.2, -0.15) is 0 Å². The Bertz CT molecular complexity index is 1050. The second-order valence-corrected chi connectivity index (χ2v) is 7.60. The monoisotopic (exact) mass is 418 g/mol. The van der Waals surface area contributed by atoms with Crippen LogP contribution in [0.25, 0.3) is 11.1 Å². The van der Waals surface area contributed by atoms with Gasteiger partial charge in [0.2, 0.25) is 0 Å². The molecule has 31 heavy (non-hydrogen) atoms. The fourth-order valence-corrected chi connectivity index (χ4v) is 3.00. The van der Waals surface area contributed by atoms with Crippen LogP contribution in [-0.4, -0.2) is 23.7 Å². The van der Waals surface area contributed by atoms with Gasteiger partial charge in [-0.3, -0.25) is 0 Å². The average molecular weight is 418 g/mol. The van der Waals surface area contributed by atoms with E-state index in [0.29, 0.717) is 29.4 Å². The quantitative estimate of drug-likeness (QED) is 0.388. The Kier molecular flexibility index (Phi) is 7.08. The van der Waals surface area contributed by atoms with Crippen LogP contribution in [0.4, 0.5) is 0 Å². The standard InChI is InChI=1S/C26H26O5/c1-4-17(2)16-30-25(28)21-9-14-24(18(3)15-21)19-7-12-23(13-8-19)31-26(29)20-5-10-22(27)11-6-20/h5-15,17,27H,4,16H2,1-3H3/t17-/m0/s1. The lowest BCUT2D eigenvalue weighted by molar-refractivity contribution is 0.0446. The Hall–Kier alpha value is -3.60. The molecule has 0 spiro atoms. The van der Waals surface area contributed by atoms with E-state index in [2.05, 4.69) is 6.92 Å². The first-order valence-corrected chi connectivity index (χ1v) is 10.3. The first-order chi connectivity index (χ1) is 14.9. The van der Waals surface area contributed by atoms with Crippen molar-refractivity contribution in [1.82, 2.24) is 0 Å². The Morgan fingerprint density at radius 1 is 0.903 bits per heavy atom. The third-order valence-corrected chi connectivity index (χ3v) is 5.14. The molecule has 0 aliphatic carbocycles. The number of carbonyl (C=O) groups excluding carboxylic acids is 2. The molecular formula is C26H26O5. The van der Waals surface area contributed by atoms with Gasteiger partial charge in [0.15, 0.2) is 0 Å². The molecule has 1 atom stereocenters. The number of phenolic OH excluding ortho intramolecular Hbond substituents is 1. The summed E-state index contributed by atoms with van der Waals surface area (Å²) in [5.74, 6) is 0.0393. The molecule has 0 unspecified atom stereocenters. The topological polar surface area (TPSA) is 72.8 Å². The number of esters is 2. The Labute approximate surface area is 182 Å². The molecule has 3 rings (SSSR count). The average Bonchev–Trinajstić information content (AvgIpc) is 2.78. The number of benzene rings is 3. The molecule has 0 radical (unpaired) electrons. The first-order valence-electron chi connectivity index (χ1n) is 10.3. The summed E-state index contributed by atoms with van der Waals surface area (Å²) in [6.07, 6.45) is 0.964. The van der Waals surface area contributed by atoms with Crippen LogP contribution in [0.1, 0.15) is 46.5 Å². The number of phenols is 1. The van der Waals surface area contributed by atoms with E-state index in [4.69, 9.17) is 9.47 Å². The van der Waals surface area contributed by atoms with Crippen LogP contribution in [0.2, 0.25) is 0 Å². The van der Waals surface area contributed by atoms with E-state index in [1.54, 1.807) is 18.2 Å². The number of aryl methyl sites for hydroxylation is 1. The molecule has 0 bridgehead atoms. The third-order valence-electron chi connectivity index (χ3n) is 5.14. The molecule has 0 aliphatic rings. The zero-order valence-electron chi connectivity index (χ0n) is 17.9. The zero-order chi connectivity index (χ0) is 22.4. The first kappa shape index (κ1) is 22.1. The van der Waals surface area contributed by atoms with Gasteiger partial charge < -0.3 is 14.6 Å². The maximum Gasteiger partial charge on any atom is 0.343 e. The van der Waals surface area contributed by atoms with Gasteiger partial charge in [0.1, 0.15) is 11.5 Å². The molecule has 3 aromatic rings. The number of rotatable bonds is 7. The summed E-state index contributed by atoms with van der Waals surface area (Å²) in [7, 11) is 0. The van der Waals surface area contributed by atoms with Crippen molar-refractivity contribution < 1.29 is 24.2 Å². The van der Waals surface area contributed by atoms with Gasteiger partial charge in [-0.25, -0.2) is 9.59 Å². The van der Waals surface area contributed by atoms with Gasteiger partial charge in [0.05, 0.1) is 17.7 Å². The molecule has 0 aromatic heterocycles. The largest absolute Gasteiger partial charge is 0.508 e. The predicted molar refractivity (Wildman–Crippen MR) is 119 cm³/mol. The lowest BCUT2D eigenvalue weighted by Crippen LogP contribution is -2.11. The summed E-state index contributed by atoms with van der Waals surface area (Å²) in [6.45, 7) is 6.48. The lowest BCUT2D eigenvalue weighted by atomic mass is 9.98. The SMILES string of the molecule is CC[C@H](C)COC(=O)c1ccc(-c2ccc(OC(=O)c3ccc(O)cc3)cc2)c(C)c1. The van der Waals surface area contributed by atoms with E-state index in [0.717, 1.165) is 23.1 Å². The Morgan fingerprint density at radius 3 is 2.16 bits per heavy atom. The van der Waals surface area contributed by atoms with Crippen LogP contribution in [0.3, 0.4) is 0 Å². The normalized spacial score (nSPS) is 11.6. The molecular weight excluding hydrogens is 392 g/mol. The molecule has 160 valence electrons. The van der Waals surface area contributed by atoms with Crippen LogP contribution in [0.15, 0.2) is 66.7 Å². The summed E-state index contributed by atoms with van der Waals surface area (Å²) >= 11 is 0. The fraction of sp³-hybridized carbons (Fsp3) is 0.231. The van der Waals surface area contributed by atoms with Crippen LogP contribution in [-0.2, 0) is 4.74 Å². The van der Waals surface area contributed by atoms with Crippen molar-refractivity contribution in [3.8, 4) is 22.6 Å². The van der Waals surface area contributed by atoms with Crippen molar-refractivity contribution in [1.29, 1.82) is 0 Å². The van der Waals surface area contributed by atoms with E-state index in [1.807, 2.05) is 38.1 Å². The second-order valence-electron chi connectivity index (χ2n) is 7.60. The Morgan fingerprint density at radius 2 is 1.55 bits per heavy atom. The summed E-state index contributed by atoms with van der Waals surface area (Å²) in [6, 6.07) is 18.5. The molecule has 0 fully saturated rings. The van der Waals surface area contributed by atoms with Crippen molar-refractivity contribution in [3.05, 3.63) is 83.4 Å². The number of carbonyl (C=O) groups is 2. The molecule has 3 aromatic carbocycles. The van der Waals surface area contributed by atoms with Gasteiger partial charge in [-0.1, -0.05) is 38.5 Å². The van der Waals surface area contributed by atoms with Crippen molar-refractivity contribution in [2.75, 3.05) is 6.61 Å². The zero-order valence-corrected chi connectivity index (χ0v) is 17.9. The highest BCUT2D eigenvalue weighted by Crippen LogP contribution is 2.27. The number of aromatic hydroxyl groups is 1. The molecule has 1 N–H and O–H groups in total. The third kappa shape index (κ3) is 5.72. The summed E-state index contributed by atoms with van der Waals surface area (Å²) in [4.78, 5) is 24.5. The summed E-state index contributed by atoms with van der Waals surface area (Å²) in [5, 5.41) is 9.32. The molecule has 5 nitrogen and oxygen atoms in total. The van der Waals surface area contributed by atoms with Gasteiger partial charge >= 0.3 is 11.9 Å². The van der Waals surface area contributed by atoms with E-state index in [-0.39, 0.29) is 11.7 Å². The van der Waals surface area contributed by atoms with E-state index in [1.165, 1.54) is 24.3 Å². The van der Waals surface area contributed by atoms with Crippen molar-refractivity contribution >= 4 is 11.9 Å². The van der Waals surface area contributed by atoms with Crippen LogP contribution < -0.4 is 4.74 Å². The fourth-order valence-electron chi connectivity index (χ4n) is 3.00. The van der Waals surface area contributed by atoms with Crippen molar-refractivity contribution in [3.63, 3.8) is 0 Å². The van der Waals surface area contributed by atoms with Gasteiger partial charge in [-0.05, 0) is 78.1 Å². The van der Waals surface area contributed by atoms with Gasteiger partial charge in [0, 0.05) is 0 Å². The number of ether oxygens (including phenoxy) is 2. The molecule has 0 aliphatic heterocycles. The maximum absolute atomic E-state index is 12.3. The lowest BCUT2D eigenvalue weighted by Gasteiger charge is -2.12. The molecule has 0 heterocycles. The molecule has 5 heteroatoms. The molecule has 0 amide bonds. The van der Waals surface area contributed by atoms with E-state index in [9.17, 15) is 14.7 Å². The van der Waals surface area contributed by atoms with Gasteiger partial charge in [-0.15, -0.1) is 0 Å².